The molecule has 4 nitrogen and oxygen atoms in total. The van der Waals surface area contributed by atoms with Gasteiger partial charge in [-0.05, 0) is 35.7 Å². The summed E-state index contributed by atoms with van der Waals surface area (Å²) in [5.41, 5.74) is 2.34. The lowest BCUT2D eigenvalue weighted by Gasteiger charge is -2.23. The third-order valence-electron chi connectivity index (χ3n) is 4.32. The summed E-state index contributed by atoms with van der Waals surface area (Å²) in [4.78, 5) is 8.24. The van der Waals surface area contributed by atoms with E-state index in [2.05, 4.69) is 50.3 Å². The Hall–Kier alpha value is -1.95. The first-order valence-electron chi connectivity index (χ1n) is 8.27. The first kappa shape index (κ1) is 15.6. The summed E-state index contributed by atoms with van der Waals surface area (Å²) in [6.45, 7) is 4.35. The molecule has 1 aliphatic heterocycles. The second kappa shape index (κ2) is 7.30. The van der Waals surface area contributed by atoms with Crippen molar-refractivity contribution in [3.05, 3.63) is 76.5 Å². The maximum Gasteiger partial charge on any atom is 0.0893 e. The summed E-state index contributed by atoms with van der Waals surface area (Å²) in [6.07, 6.45) is 4.14. The van der Waals surface area contributed by atoms with Gasteiger partial charge in [0, 0.05) is 49.1 Å². The van der Waals surface area contributed by atoms with Gasteiger partial charge in [0.05, 0.1) is 18.4 Å². The fraction of sp³-hybridized carbons (Fsp3) is 0.316. The van der Waals surface area contributed by atoms with E-state index in [0.717, 1.165) is 31.9 Å². The van der Waals surface area contributed by atoms with Crippen molar-refractivity contribution < 1.29 is 4.74 Å². The first-order chi connectivity index (χ1) is 11.9. The normalized spacial score (nSPS) is 18.2. The van der Waals surface area contributed by atoms with Crippen LogP contribution in [0.3, 0.4) is 0 Å². The predicted octanol–water partition coefficient (Wildman–Crippen LogP) is 3.55. The third-order valence-corrected chi connectivity index (χ3v) is 5.19. The van der Waals surface area contributed by atoms with Crippen LogP contribution in [0.1, 0.15) is 16.3 Å². The van der Waals surface area contributed by atoms with Crippen molar-refractivity contribution in [3.63, 3.8) is 0 Å². The Balaban J connectivity index is 1.46. The molecule has 24 heavy (non-hydrogen) atoms. The Kier molecular flexibility index (Phi) is 4.74. The number of rotatable bonds is 5. The minimum atomic E-state index is 0.167. The van der Waals surface area contributed by atoms with E-state index >= 15 is 0 Å². The highest BCUT2D eigenvalue weighted by atomic mass is 32.1. The minimum Gasteiger partial charge on any atom is -0.369 e. The summed E-state index contributed by atoms with van der Waals surface area (Å²) >= 11 is 1.82. The van der Waals surface area contributed by atoms with Crippen LogP contribution in [0.15, 0.2) is 60.2 Å². The Morgan fingerprint density at radius 1 is 1.12 bits per heavy atom. The number of pyridine rings is 1. The van der Waals surface area contributed by atoms with Crippen molar-refractivity contribution in [3.8, 4) is 0 Å². The van der Waals surface area contributed by atoms with Crippen LogP contribution in [0.25, 0.3) is 0 Å². The van der Waals surface area contributed by atoms with Gasteiger partial charge >= 0.3 is 0 Å². The minimum absolute atomic E-state index is 0.167. The Bertz CT molecular complexity index is 754. The molecule has 1 atom stereocenters. The third kappa shape index (κ3) is 3.75. The number of hydrogen-bond donors (Lipinski definition) is 0. The molecule has 0 aliphatic carbocycles. The van der Waals surface area contributed by atoms with E-state index in [1.54, 1.807) is 0 Å². The van der Waals surface area contributed by atoms with E-state index in [-0.39, 0.29) is 6.10 Å². The van der Waals surface area contributed by atoms with Gasteiger partial charge in [0.25, 0.3) is 0 Å². The number of ether oxygens (including phenoxy) is 1. The van der Waals surface area contributed by atoms with Crippen molar-refractivity contribution in [2.75, 3.05) is 6.54 Å². The molecule has 4 rings (SSSR count). The van der Waals surface area contributed by atoms with Crippen LogP contribution in [0.5, 0.6) is 0 Å². The molecule has 0 spiro atoms. The summed E-state index contributed by atoms with van der Waals surface area (Å²) in [6, 6.07) is 14.6. The fourth-order valence-electron chi connectivity index (χ4n) is 3.17. The molecule has 5 heteroatoms. The van der Waals surface area contributed by atoms with Gasteiger partial charge in [-0.3, -0.25) is 9.88 Å². The molecule has 3 aromatic heterocycles. The van der Waals surface area contributed by atoms with E-state index in [9.17, 15) is 0 Å². The summed E-state index contributed by atoms with van der Waals surface area (Å²) in [5.74, 6) is 0. The Labute approximate surface area is 146 Å². The van der Waals surface area contributed by atoms with E-state index in [1.165, 1.54) is 10.6 Å². The summed E-state index contributed by atoms with van der Waals surface area (Å²) < 4.78 is 8.52. The van der Waals surface area contributed by atoms with Crippen molar-refractivity contribution in [2.24, 2.45) is 0 Å². The molecule has 0 aromatic carbocycles. The first-order valence-corrected chi connectivity index (χ1v) is 9.15. The molecule has 1 aliphatic rings. The van der Waals surface area contributed by atoms with Gasteiger partial charge in [-0.1, -0.05) is 12.1 Å². The lowest BCUT2D eigenvalue weighted by Crippen LogP contribution is -2.32. The second-order valence-electron chi connectivity index (χ2n) is 6.15. The van der Waals surface area contributed by atoms with Crippen molar-refractivity contribution in [1.82, 2.24) is 14.5 Å². The number of nitrogens with zero attached hydrogens (tertiary/aromatic N) is 3. The van der Waals surface area contributed by atoms with Crippen molar-refractivity contribution in [1.29, 1.82) is 0 Å². The van der Waals surface area contributed by atoms with Gasteiger partial charge in [-0.2, -0.15) is 0 Å². The quantitative estimate of drug-likeness (QED) is 0.712. The Morgan fingerprint density at radius 3 is 2.96 bits per heavy atom. The van der Waals surface area contributed by atoms with Crippen molar-refractivity contribution in [2.45, 2.75) is 32.3 Å². The molecule has 0 radical (unpaired) electrons. The van der Waals surface area contributed by atoms with Crippen LogP contribution in [-0.2, 0) is 31.0 Å². The predicted molar refractivity (Wildman–Crippen MR) is 95.7 cm³/mol. The molecule has 3 aromatic rings. The van der Waals surface area contributed by atoms with Crippen LogP contribution in [0.4, 0.5) is 0 Å². The maximum atomic E-state index is 6.20. The van der Waals surface area contributed by atoms with Gasteiger partial charge in [-0.15, -0.1) is 11.3 Å². The van der Waals surface area contributed by atoms with Crippen LogP contribution in [0.2, 0.25) is 0 Å². The van der Waals surface area contributed by atoms with E-state index in [1.807, 2.05) is 35.7 Å². The lowest BCUT2D eigenvalue weighted by molar-refractivity contribution is 0.00742. The molecule has 1 unspecified atom stereocenters. The molecule has 124 valence electrons. The standard InChI is InChI=1S/C19H21N3OS/c1-2-8-20-16(5-1)15-23-18-12-21(14-19-7-4-10-24-19)11-17-6-3-9-22(17)13-18/h1-10,18H,11-15H2. The highest BCUT2D eigenvalue weighted by molar-refractivity contribution is 7.09. The lowest BCUT2D eigenvalue weighted by atomic mass is 10.3. The zero-order valence-electron chi connectivity index (χ0n) is 13.5. The zero-order valence-corrected chi connectivity index (χ0v) is 14.4. The summed E-state index contributed by atoms with van der Waals surface area (Å²) in [7, 11) is 0. The van der Waals surface area contributed by atoms with E-state index < -0.39 is 0 Å². The van der Waals surface area contributed by atoms with Gasteiger partial charge in [0.2, 0.25) is 0 Å². The van der Waals surface area contributed by atoms with Crippen LogP contribution in [0, 0.1) is 0 Å². The monoisotopic (exact) mass is 339 g/mol. The van der Waals surface area contributed by atoms with Crippen LogP contribution < -0.4 is 0 Å². The van der Waals surface area contributed by atoms with Gasteiger partial charge in [0.15, 0.2) is 0 Å². The molecule has 4 heterocycles. The molecular weight excluding hydrogens is 318 g/mol. The van der Waals surface area contributed by atoms with Gasteiger partial charge in [0.1, 0.15) is 0 Å². The second-order valence-corrected chi connectivity index (χ2v) is 7.19. The molecule has 0 saturated heterocycles. The number of hydrogen-bond acceptors (Lipinski definition) is 4. The Morgan fingerprint density at radius 2 is 2.12 bits per heavy atom. The number of aromatic nitrogens is 2. The van der Waals surface area contributed by atoms with Gasteiger partial charge < -0.3 is 9.30 Å². The smallest absolute Gasteiger partial charge is 0.0893 e. The molecule has 0 bridgehead atoms. The van der Waals surface area contributed by atoms with E-state index in [4.69, 9.17) is 4.74 Å². The number of fused-ring (bicyclic) bond motifs is 1. The van der Waals surface area contributed by atoms with Crippen LogP contribution in [-0.4, -0.2) is 27.1 Å². The van der Waals surface area contributed by atoms with Crippen LogP contribution >= 0.6 is 11.3 Å². The zero-order chi connectivity index (χ0) is 16.2. The molecule has 0 fully saturated rings. The van der Waals surface area contributed by atoms with Gasteiger partial charge in [-0.25, -0.2) is 0 Å². The average Bonchev–Trinajstić information content (AvgIpc) is 3.23. The molecule has 0 amide bonds. The highest BCUT2D eigenvalue weighted by Gasteiger charge is 2.22. The average molecular weight is 339 g/mol. The molecule has 0 N–H and O–H groups in total. The number of thiophene rings is 1. The van der Waals surface area contributed by atoms with Crippen molar-refractivity contribution >= 4 is 11.3 Å². The SMILES string of the molecule is c1ccc(COC2CN(Cc3cccs3)Cc3cccn3C2)nc1. The summed E-state index contributed by atoms with van der Waals surface area (Å²) in [5, 5.41) is 2.14. The topological polar surface area (TPSA) is 30.3 Å². The largest absolute Gasteiger partial charge is 0.369 e. The molecule has 0 saturated carbocycles. The fourth-order valence-corrected chi connectivity index (χ4v) is 3.91. The highest BCUT2D eigenvalue weighted by Crippen LogP contribution is 2.20. The molecular formula is C19H21N3OS. The maximum absolute atomic E-state index is 6.20. The van der Waals surface area contributed by atoms with E-state index in [0.29, 0.717) is 6.61 Å².